The zero-order chi connectivity index (χ0) is 23.3. The number of benzene rings is 5. The molecule has 1 saturated heterocycles. The van der Waals surface area contributed by atoms with Gasteiger partial charge in [0.05, 0.1) is 12.5 Å². The average Bonchev–Trinajstić information content (AvgIpc) is 3.17. The molecule has 0 radical (unpaired) electrons. The van der Waals surface area contributed by atoms with Crippen LogP contribution in [0.1, 0.15) is 23.5 Å². The minimum absolute atomic E-state index is 0.280. The highest BCUT2D eigenvalue weighted by molar-refractivity contribution is 6.10. The SMILES string of the molecule is N#C[C@@]1([C@@H](c2cccc3ccccc23)c2cccc3ccc4ccccc4c23)CC(=O)OC1=O. The fraction of sp³-hybridized carbons (Fsp3) is 0.100. The van der Waals surface area contributed by atoms with Gasteiger partial charge in [-0.05, 0) is 43.4 Å². The molecule has 6 rings (SSSR count). The molecule has 0 bridgehead atoms. The lowest BCUT2D eigenvalue weighted by atomic mass is 9.66. The van der Waals surface area contributed by atoms with E-state index in [1.807, 2.05) is 78.9 Å². The van der Waals surface area contributed by atoms with Crippen LogP contribution in [0, 0.1) is 16.7 Å². The molecule has 1 heterocycles. The molecule has 0 aromatic heterocycles. The lowest BCUT2D eigenvalue weighted by Gasteiger charge is -2.30. The van der Waals surface area contributed by atoms with Crippen molar-refractivity contribution < 1.29 is 14.3 Å². The maximum atomic E-state index is 13.2. The number of carbonyl (C=O) groups is 2. The third kappa shape index (κ3) is 2.84. The molecule has 0 saturated carbocycles. The third-order valence-electron chi connectivity index (χ3n) is 6.93. The van der Waals surface area contributed by atoms with Crippen LogP contribution in [0.3, 0.4) is 0 Å². The molecule has 5 aromatic rings. The van der Waals surface area contributed by atoms with Crippen molar-refractivity contribution in [2.24, 2.45) is 5.41 Å². The van der Waals surface area contributed by atoms with Crippen LogP contribution >= 0.6 is 0 Å². The average molecular weight is 441 g/mol. The topological polar surface area (TPSA) is 67.2 Å². The molecule has 4 nitrogen and oxygen atoms in total. The maximum Gasteiger partial charge on any atom is 0.335 e. The highest BCUT2D eigenvalue weighted by Crippen LogP contribution is 2.51. The van der Waals surface area contributed by atoms with E-state index in [4.69, 9.17) is 4.74 Å². The van der Waals surface area contributed by atoms with Gasteiger partial charge in [0.25, 0.3) is 0 Å². The van der Waals surface area contributed by atoms with E-state index < -0.39 is 23.3 Å². The summed E-state index contributed by atoms with van der Waals surface area (Å²) in [6.07, 6.45) is -0.280. The molecule has 2 atom stereocenters. The molecule has 162 valence electrons. The first-order chi connectivity index (χ1) is 16.6. The van der Waals surface area contributed by atoms with Crippen LogP contribution < -0.4 is 0 Å². The molecule has 0 aliphatic carbocycles. The van der Waals surface area contributed by atoms with Gasteiger partial charge in [-0.2, -0.15) is 5.26 Å². The molecule has 5 aromatic carbocycles. The minimum Gasteiger partial charge on any atom is -0.392 e. The van der Waals surface area contributed by atoms with Gasteiger partial charge in [-0.15, -0.1) is 0 Å². The number of rotatable bonds is 3. The van der Waals surface area contributed by atoms with Crippen molar-refractivity contribution in [1.82, 2.24) is 0 Å². The van der Waals surface area contributed by atoms with Gasteiger partial charge in [-0.3, -0.25) is 4.79 Å². The summed E-state index contributed by atoms with van der Waals surface area (Å²) in [5.41, 5.74) is -0.00233. The molecule has 0 N–H and O–H groups in total. The second-order valence-electron chi connectivity index (χ2n) is 8.75. The van der Waals surface area contributed by atoms with E-state index in [2.05, 4.69) is 24.3 Å². The quantitative estimate of drug-likeness (QED) is 0.188. The first kappa shape index (κ1) is 20.1. The van der Waals surface area contributed by atoms with Gasteiger partial charge in [0.2, 0.25) is 0 Å². The molecule has 1 aliphatic heterocycles. The Morgan fingerprint density at radius 3 is 2.00 bits per heavy atom. The lowest BCUT2D eigenvalue weighted by molar-refractivity contribution is -0.154. The Labute approximate surface area is 196 Å². The molecule has 0 spiro atoms. The number of fused-ring (bicyclic) bond motifs is 4. The van der Waals surface area contributed by atoms with E-state index in [1.165, 1.54) is 0 Å². The summed E-state index contributed by atoms with van der Waals surface area (Å²) in [6, 6.07) is 34.2. The Kier molecular flexibility index (Phi) is 4.46. The summed E-state index contributed by atoms with van der Waals surface area (Å²) in [5, 5.41) is 16.5. The van der Waals surface area contributed by atoms with Gasteiger partial charge in [-0.1, -0.05) is 97.1 Å². The molecular formula is C30H19NO3. The largest absolute Gasteiger partial charge is 0.392 e. The number of cyclic esters (lactones) is 2. The molecule has 0 amide bonds. The summed E-state index contributed by atoms with van der Waals surface area (Å²) >= 11 is 0. The van der Waals surface area contributed by atoms with Crippen LogP contribution in [0.2, 0.25) is 0 Å². The van der Waals surface area contributed by atoms with Crippen LogP contribution in [-0.2, 0) is 14.3 Å². The van der Waals surface area contributed by atoms with Gasteiger partial charge in [0.15, 0.2) is 5.41 Å². The Morgan fingerprint density at radius 2 is 1.29 bits per heavy atom. The first-order valence-corrected chi connectivity index (χ1v) is 11.2. The summed E-state index contributed by atoms with van der Waals surface area (Å²) in [6.45, 7) is 0. The molecule has 34 heavy (non-hydrogen) atoms. The second kappa shape index (κ2) is 7.54. The predicted molar refractivity (Wildman–Crippen MR) is 131 cm³/mol. The first-order valence-electron chi connectivity index (χ1n) is 11.2. The fourth-order valence-corrected chi connectivity index (χ4v) is 5.43. The van der Waals surface area contributed by atoms with Crippen LogP contribution in [0.4, 0.5) is 0 Å². The standard InChI is InChI=1S/C30H19NO3/c31-18-30(17-26(32)34-29(30)33)28(24-13-5-9-19-7-1-3-11-22(19)24)25-14-6-10-21-16-15-20-8-2-4-12-23(20)27(21)25/h1-16,28H,17H2/t28-,30+/m0/s1. The Morgan fingerprint density at radius 1 is 0.706 bits per heavy atom. The van der Waals surface area contributed by atoms with Gasteiger partial charge >= 0.3 is 11.9 Å². The van der Waals surface area contributed by atoms with E-state index in [9.17, 15) is 14.9 Å². The summed E-state index contributed by atoms with van der Waals surface area (Å²) in [4.78, 5) is 25.5. The van der Waals surface area contributed by atoms with Crippen LogP contribution in [0.25, 0.3) is 32.3 Å². The van der Waals surface area contributed by atoms with Crippen molar-refractivity contribution in [3.63, 3.8) is 0 Å². The fourth-order valence-electron chi connectivity index (χ4n) is 5.43. The second-order valence-corrected chi connectivity index (χ2v) is 8.75. The Hall–Kier alpha value is -4.49. The number of nitriles is 1. The monoisotopic (exact) mass is 441 g/mol. The molecule has 1 fully saturated rings. The van der Waals surface area contributed by atoms with Crippen LogP contribution in [0.15, 0.2) is 97.1 Å². The van der Waals surface area contributed by atoms with E-state index in [0.717, 1.165) is 43.4 Å². The molecular weight excluding hydrogens is 422 g/mol. The maximum absolute atomic E-state index is 13.2. The normalized spacial score (nSPS) is 18.8. The van der Waals surface area contributed by atoms with Crippen molar-refractivity contribution >= 4 is 44.3 Å². The highest BCUT2D eigenvalue weighted by atomic mass is 16.6. The Bertz CT molecular complexity index is 1670. The Balaban J connectivity index is 1.78. The predicted octanol–water partition coefficient (Wildman–Crippen LogP) is 6.26. The van der Waals surface area contributed by atoms with Crippen molar-refractivity contribution in [2.45, 2.75) is 12.3 Å². The van der Waals surface area contributed by atoms with Crippen molar-refractivity contribution in [3.8, 4) is 6.07 Å². The number of ether oxygens (including phenoxy) is 1. The number of nitrogens with zero attached hydrogens (tertiary/aromatic N) is 1. The van der Waals surface area contributed by atoms with E-state index in [-0.39, 0.29) is 6.42 Å². The van der Waals surface area contributed by atoms with Crippen LogP contribution in [0.5, 0.6) is 0 Å². The number of hydrogen-bond donors (Lipinski definition) is 0. The van der Waals surface area contributed by atoms with Gasteiger partial charge in [-0.25, -0.2) is 4.79 Å². The highest BCUT2D eigenvalue weighted by Gasteiger charge is 2.57. The van der Waals surface area contributed by atoms with Crippen molar-refractivity contribution in [2.75, 3.05) is 0 Å². The summed E-state index contributed by atoms with van der Waals surface area (Å²) in [7, 11) is 0. The van der Waals surface area contributed by atoms with Crippen molar-refractivity contribution in [1.29, 1.82) is 5.26 Å². The molecule has 0 unspecified atom stereocenters. The minimum atomic E-state index is -1.66. The summed E-state index contributed by atoms with van der Waals surface area (Å²) in [5.74, 6) is -2.14. The number of esters is 2. The smallest absolute Gasteiger partial charge is 0.335 e. The van der Waals surface area contributed by atoms with Crippen molar-refractivity contribution in [3.05, 3.63) is 108 Å². The molecule has 1 aliphatic rings. The molecule has 4 heteroatoms. The van der Waals surface area contributed by atoms with Crippen LogP contribution in [-0.4, -0.2) is 11.9 Å². The number of carbonyl (C=O) groups excluding carboxylic acids is 2. The lowest BCUT2D eigenvalue weighted by Crippen LogP contribution is -2.33. The van der Waals surface area contributed by atoms with Gasteiger partial charge < -0.3 is 4.74 Å². The van der Waals surface area contributed by atoms with E-state index in [0.29, 0.717) is 0 Å². The zero-order valence-corrected chi connectivity index (χ0v) is 18.2. The summed E-state index contributed by atoms with van der Waals surface area (Å²) < 4.78 is 5.00. The van der Waals surface area contributed by atoms with Gasteiger partial charge in [0.1, 0.15) is 0 Å². The third-order valence-corrected chi connectivity index (χ3v) is 6.93. The van der Waals surface area contributed by atoms with Gasteiger partial charge in [0, 0.05) is 5.92 Å². The van der Waals surface area contributed by atoms with E-state index in [1.54, 1.807) is 0 Å². The number of hydrogen-bond acceptors (Lipinski definition) is 4. The van der Waals surface area contributed by atoms with E-state index >= 15 is 0 Å². The zero-order valence-electron chi connectivity index (χ0n) is 18.2.